The molecule has 1 aliphatic heterocycles. The smallest absolute Gasteiger partial charge is 0.337 e. The molecule has 0 spiro atoms. The van der Waals surface area contributed by atoms with Crippen molar-refractivity contribution in [2.45, 2.75) is 13.5 Å². The summed E-state index contributed by atoms with van der Waals surface area (Å²) in [6.45, 7) is 7.13. The molecular formula is C15H19N3O3. The lowest BCUT2D eigenvalue weighted by Gasteiger charge is -2.26. The number of morpholine rings is 1. The molecular weight excluding hydrogens is 270 g/mol. The highest BCUT2D eigenvalue weighted by Gasteiger charge is 2.16. The van der Waals surface area contributed by atoms with Crippen LogP contribution >= 0.6 is 0 Å². The lowest BCUT2D eigenvalue weighted by molar-refractivity contribution is 0.0364. The average Bonchev–Trinajstić information content (AvgIpc) is 2.81. The molecule has 3 rings (SSSR count). The number of aryl methyl sites for hydroxylation is 1. The summed E-state index contributed by atoms with van der Waals surface area (Å²) in [5.74, 6) is -0.0783. The molecule has 112 valence electrons. The monoisotopic (exact) mass is 289 g/mol. The number of aromatic nitrogens is 2. The number of fused-ring (bicyclic) bond motifs is 1. The number of rotatable bonds is 4. The lowest BCUT2D eigenvalue weighted by Crippen LogP contribution is -2.38. The number of nitrogens with zero attached hydrogens (tertiary/aromatic N) is 3. The van der Waals surface area contributed by atoms with E-state index in [4.69, 9.17) is 4.74 Å². The third-order valence-corrected chi connectivity index (χ3v) is 3.94. The zero-order valence-electron chi connectivity index (χ0n) is 12.1. The standard InChI is InChI=1S/C15H19N3O3/c1-11-16-14-12(15(19)20)3-2-4-13(14)18(11)6-5-17-7-9-21-10-8-17/h2-4H,5-10H2,1H3,(H,19,20). The number of imidazole rings is 1. The van der Waals surface area contributed by atoms with Crippen LogP contribution in [0.15, 0.2) is 18.2 Å². The highest BCUT2D eigenvalue weighted by atomic mass is 16.5. The third-order valence-electron chi connectivity index (χ3n) is 3.94. The van der Waals surface area contributed by atoms with Gasteiger partial charge in [-0.2, -0.15) is 0 Å². The fourth-order valence-corrected chi connectivity index (χ4v) is 2.78. The zero-order valence-corrected chi connectivity index (χ0v) is 12.1. The van der Waals surface area contributed by atoms with Gasteiger partial charge in [-0.25, -0.2) is 9.78 Å². The Morgan fingerprint density at radius 2 is 2.10 bits per heavy atom. The van der Waals surface area contributed by atoms with E-state index in [1.54, 1.807) is 12.1 Å². The number of hydrogen-bond donors (Lipinski definition) is 1. The van der Waals surface area contributed by atoms with Gasteiger partial charge in [0, 0.05) is 26.2 Å². The number of para-hydroxylation sites is 1. The van der Waals surface area contributed by atoms with Crippen molar-refractivity contribution in [3.63, 3.8) is 0 Å². The molecule has 0 unspecified atom stereocenters. The molecule has 0 bridgehead atoms. The number of benzene rings is 1. The Bertz CT molecular complexity index is 659. The van der Waals surface area contributed by atoms with Crippen LogP contribution in [-0.2, 0) is 11.3 Å². The Morgan fingerprint density at radius 3 is 2.81 bits per heavy atom. The molecule has 6 nitrogen and oxygen atoms in total. The first kappa shape index (κ1) is 14.0. The largest absolute Gasteiger partial charge is 0.478 e. The maximum Gasteiger partial charge on any atom is 0.337 e. The van der Waals surface area contributed by atoms with E-state index in [0.29, 0.717) is 5.52 Å². The van der Waals surface area contributed by atoms with Crippen molar-refractivity contribution in [3.05, 3.63) is 29.6 Å². The molecule has 2 aromatic rings. The van der Waals surface area contributed by atoms with Gasteiger partial charge in [-0.1, -0.05) is 6.07 Å². The normalized spacial score (nSPS) is 16.4. The molecule has 1 saturated heterocycles. The van der Waals surface area contributed by atoms with Crippen LogP contribution in [-0.4, -0.2) is 58.4 Å². The van der Waals surface area contributed by atoms with Gasteiger partial charge in [0.05, 0.1) is 24.3 Å². The van der Waals surface area contributed by atoms with Crippen LogP contribution in [0.2, 0.25) is 0 Å². The van der Waals surface area contributed by atoms with Gasteiger partial charge in [0.25, 0.3) is 0 Å². The molecule has 0 amide bonds. The van der Waals surface area contributed by atoms with Crippen LogP contribution in [0, 0.1) is 6.92 Å². The van der Waals surface area contributed by atoms with Gasteiger partial charge in [0.15, 0.2) is 0 Å². The predicted molar refractivity (Wildman–Crippen MR) is 78.7 cm³/mol. The van der Waals surface area contributed by atoms with Gasteiger partial charge in [-0.15, -0.1) is 0 Å². The van der Waals surface area contributed by atoms with Crippen LogP contribution < -0.4 is 0 Å². The average molecular weight is 289 g/mol. The van der Waals surface area contributed by atoms with E-state index >= 15 is 0 Å². The van der Waals surface area contributed by atoms with E-state index in [2.05, 4.69) is 14.5 Å². The molecule has 0 radical (unpaired) electrons. The lowest BCUT2D eigenvalue weighted by atomic mass is 10.2. The van der Waals surface area contributed by atoms with Crippen LogP contribution in [0.4, 0.5) is 0 Å². The SMILES string of the molecule is Cc1nc2c(C(=O)O)cccc2n1CCN1CCOCC1. The topological polar surface area (TPSA) is 67.6 Å². The second-order valence-electron chi connectivity index (χ2n) is 5.24. The quantitative estimate of drug-likeness (QED) is 0.921. The molecule has 1 aromatic carbocycles. The predicted octanol–water partition coefficient (Wildman–Crippen LogP) is 1.38. The van der Waals surface area contributed by atoms with E-state index in [-0.39, 0.29) is 5.56 Å². The Labute approximate surface area is 122 Å². The fraction of sp³-hybridized carbons (Fsp3) is 0.467. The van der Waals surface area contributed by atoms with Crippen molar-refractivity contribution in [1.29, 1.82) is 0 Å². The molecule has 1 aromatic heterocycles. The van der Waals surface area contributed by atoms with Crippen molar-refractivity contribution < 1.29 is 14.6 Å². The van der Waals surface area contributed by atoms with Crippen molar-refractivity contribution in [2.24, 2.45) is 0 Å². The van der Waals surface area contributed by atoms with Gasteiger partial charge in [0.1, 0.15) is 11.3 Å². The van der Waals surface area contributed by atoms with Crippen LogP contribution in [0.1, 0.15) is 16.2 Å². The first-order valence-corrected chi connectivity index (χ1v) is 7.16. The van der Waals surface area contributed by atoms with Gasteiger partial charge < -0.3 is 14.4 Å². The van der Waals surface area contributed by atoms with Gasteiger partial charge >= 0.3 is 5.97 Å². The van der Waals surface area contributed by atoms with E-state index in [0.717, 1.165) is 50.7 Å². The number of carbonyl (C=O) groups is 1. The molecule has 1 fully saturated rings. The van der Waals surface area contributed by atoms with Crippen molar-refractivity contribution in [3.8, 4) is 0 Å². The van der Waals surface area contributed by atoms with Crippen LogP contribution in [0.25, 0.3) is 11.0 Å². The zero-order chi connectivity index (χ0) is 14.8. The summed E-state index contributed by atoms with van der Waals surface area (Å²) in [5.41, 5.74) is 1.73. The summed E-state index contributed by atoms with van der Waals surface area (Å²) in [5, 5.41) is 9.25. The summed E-state index contributed by atoms with van der Waals surface area (Å²) >= 11 is 0. The molecule has 1 N–H and O–H groups in total. The summed E-state index contributed by atoms with van der Waals surface area (Å²) < 4.78 is 7.44. The number of carboxylic acids is 1. The Balaban J connectivity index is 1.86. The summed E-state index contributed by atoms with van der Waals surface area (Å²) in [4.78, 5) is 18.1. The number of ether oxygens (including phenoxy) is 1. The Morgan fingerprint density at radius 1 is 1.33 bits per heavy atom. The number of carboxylic acid groups (broad SMARTS) is 1. The molecule has 0 atom stereocenters. The van der Waals surface area contributed by atoms with Gasteiger partial charge in [-0.05, 0) is 19.1 Å². The summed E-state index contributed by atoms with van der Waals surface area (Å²) in [6, 6.07) is 5.31. The molecule has 1 aliphatic rings. The molecule has 21 heavy (non-hydrogen) atoms. The molecule has 6 heteroatoms. The molecule has 0 saturated carbocycles. The third kappa shape index (κ3) is 2.77. The van der Waals surface area contributed by atoms with Crippen molar-refractivity contribution in [2.75, 3.05) is 32.8 Å². The Hall–Kier alpha value is -1.92. The summed E-state index contributed by atoms with van der Waals surface area (Å²) in [7, 11) is 0. The maximum absolute atomic E-state index is 11.3. The van der Waals surface area contributed by atoms with Gasteiger partial charge in [-0.3, -0.25) is 4.90 Å². The first-order valence-electron chi connectivity index (χ1n) is 7.16. The number of aromatic carboxylic acids is 1. The Kier molecular flexibility index (Phi) is 3.90. The second kappa shape index (κ2) is 5.83. The molecule has 0 aliphatic carbocycles. The number of hydrogen-bond acceptors (Lipinski definition) is 4. The van der Waals surface area contributed by atoms with E-state index < -0.39 is 5.97 Å². The second-order valence-corrected chi connectivity index (χ2v) is 5.24. The first-order chi connectivity index (χ1) is 10.2. The van der Waals surface area contributed by atoms with Crippen molar-refractivity contribution >= 4 is 17.0 Å². The van der Waals surface area contributed by atoms with E-state index in [1.807, 2.05) is 13.0 Å². The minimum atomic E-state index is -0.932. The minimum Gasteiger partial charge on any atom is -0.478 e. The van der Waals surface area contributed by atoms with Gasteiger partial charge in [0.2, 0.25) is 0 Å². The van der Waals surface area contributed by atoms with Crippen molar-refractivity contribution in [1.82, 2.24) is 14.5 Å². The molecule has 2 heterocycles. The highest BCUT2D eigenvalue weighted by molar-refractivity contribution is 6.01. The van der Waals surface area contributed by atoms with E-state index in [1.165, 1.54) is 0 Å². The highest BCUT2D eigenvalue weighted by Crippen LogP contribution is 2.20. The maximum atomic E-state index is 11.3. The van der Waals surface area contributed by atoms with Crippen LogP contribution in [0.3, 0.4) is 0 Å². The fourth-order valence-electron chi connectivity index (χ4n) is 2.78. The van der Waals surface area contributed by atoms with Crippen LogP contribution in [0.5, 0.6) is 0 Å². The minimum absolute atomic E-state index is 0.265. The van der Waals surface area contributed by atoms with E-state index in [9.17, 15) is 9.90 Å². The summed E-state index contributed by atoms with van der Waals surface area (Å²) in [6.07, 6.45) is 0.